The molecule has 2 fully saturated rings. The zero-order valence-corrected chi connectivity index (χ0v) is 8.92. The van der Waals surface area contributed by atoms with Crippen molar-refractivity contribution in [3.05, 3.63) is 0 Å². The summed E-state index contributed by atoms with van der Waals surface area (Å²) in [5.41, 5.74) is -0.188. The lowest BCUT2D eigenvalue weighted by atomic mass is 9.95. The molecule has 3 heteroatoms. The van der Waals surface area contributed by atoms with Gasteiger partial charge in [0.05, 0.1) is 6.07 Å². The third kappa shape index (κ3) is 1.77. The van der Waals surface area contributed by atoms with Gasteiger partial charge in [0.2, 0.25) is 0 Å². The molecule has 1 atom stereocenters. The third-order valence-electron chi connectivity index (χ3n) is 3.60. The van der Waals surface area contributed by atoms with Crippen molar-refractivity contribution in [1.29, 1.82) is 5.26 Å². The van der Waals surface area contributed by atoms with Gasteiger partial charge in [-0.05, 0) is 38.6 Å². The van der Waals surface area contributed by atoms with Gasteiger partial charge in [-0.25, -0.2) is 0 Å². The summed E-state index contributed by atoms with van der Waals surface area (Å²) in [5.74, 6) is 0.630. The van der Waals surface area contributed by atoms with Crippen LogP contribution in [0.3, 0.4) is 0 Å². The smallest absolute Gasteiger partial charge is 0.109 e. The molecule has 1 aliphatic carbocycles. The molecule has 1 saturated carbocycles. The summed E-state index contributed by atoms with van der Waals surface area (Å²) in [6.07, 6.45) is 3.66. The highest BCUT2D eigenvalue weighted by atomic mass is 15.2. The highest BCUT2D eigenvalue weighted by Gasteiger charge is 2.45. The van der Waals surface area contributed by atoms with Crippen LogP contribution in [-0.4, -0.2) is 36.6 Å². The maximum absolute atomic E-state index is 9.33. The van der Waals surface area contributed by atoms with Crippen LogP contribution in [0.1, 0.15) is 26.2 Å². The molecule has 0 spiro atoms. The molecule has 1 heterocycles. The van der Waals surface area contributed by atoms with Crippen molar-refractivity contribution in [2.75, 3.05) is 26.2 Å². The van der Waals surface area contributed by atoms with E-state index in [0.29, 0.717) is 5.92 Å². The van der Waals surface area contributed by atoms with Gasteiger partial charge in [-0.1, -0.05) is 0 Å². The van der Waals surface area contributed by atoms with E-state index in [1.165, 1.54) is 19.3 Å². The predicted molar refractivity (Wildman–Crippen MR) is 55.8 cm³/mol. The molecule has 1 aliphatic heterocycles. The van der Waals surface area contributed by atoms with E-state index in [9.17, 15) is 5.26 Å². The highest BCUT2D eigenvalue weighted by molar-refractivity contribution is 5.13. The normalized spacial score (nSPS) is 28.9. The number of nitriles is 1. The van der Waals surface area contributed by atoms with E-state index < -0.39 is 0 Å². The summed E-state index contributed by atoms with van der Waals surface area (Å²) in [6.45, 7) is 6.36. The Labute approximate surface area is 86.1 Å². The lowest BCUT2D eigenvalue weighted by Crippen LogP contribution is -2.48. The summed E-state index contributed by atoms with van der Waals surface area (Å²) in [7, 11) is 0. The quantitative estimate of drug-likeness (QED) is 0.710. The molecule has 0 aromatic carbocycles. The van der Waals surface area contributed by atoms with Crippen molar-refractivity contribution in [2.45, 2.75) is 31.7 Å². The topological polar surface area (TPSA) is 39.1 Å². The van der Waals surface area contributed by atoms with Crippen molar-refractivity contribution in [1.82, 2.24) is 10.2 Å². The van der Waals surface area contributed by atoms with Crippen LogP contribution in [0.25, 0.3) is 0 Å². The monoisotopic (exact) mass is 193 g/mol. The predicted octanol–water partition coefficient (Wildman–Crippen LogP) is 0.974. The minimum absolute atomic E-state index is 0.188. The van der Waals surface area contributed by atoms with Gasteiger partial charge in [0, 0.05) is 19.6 Å². The molecule has 1 unspecified atom stereocenters. The largest absolute Gasteiger partial charge is 0.315 e. The molecule has 14 heavy (non-hydrogen) atoms. The molecule has 1 saturated heterocycles. The Kier molecular flexibility index (Phi) is 2.76. The van der Waals surface area contributed by atoms with Gasteiger partial charge in [-0.15, -0.1) is 0 Å². The minimum Gasteiger partial charge on any atom is -0.315 e. The molecular weight excluding hydrogens is 174 g/mol. The molecule has 2 aliphatic rings. The lowest BCUT2D eigenvalue weighted by molar-refractivity contribution is 0.141. The molecular formula is C11H19N3. The molecule has 0 bridgehead atoms. The van der Waals surface area contributed by atoms with Crippen molar-refractivity contribution in [3.63, 3.8) is 0 Å². The number of nitrogens with zero attached hydrogens (tertiary/aromatic N) is 2. The van der Waals surface area contributed by atoms with Gasteiger partial charge in [0.1, 0.15) is 5.54 Å². The summed E-state index contributed by atoms with van der Waals surface area (Å²) < 4.78 is 0. The van der Waals surface area contributed by atoms with E-state index >= 15 is 0 Å². The first kappa shape index (κ1) is 9.95. The van der Waals surface area contributed by atoms with Gasteiger partial charge >= 0.3 is 0 Å². The van der Waals surface area contributed by atoms with E-state index in [4.69, 9.17) is 0 Å². The minimum atomic E-state index is -0.188. The van der Waals surface area contributed by atoms with Crippen LogP contribution in [-0.2, 0) is 0 Å². The van der Waals surface area contributed by atoms with Gasteiger partial charge in [0.15, 0.2) is 0 Å². The summed E-state index contributed by atoms with van der Waals surface area (Å²) >= 11 is 0. The standard InChI is InChI=1S/C11H19N3/c1-11(9-12,10-3-4-10)14-7-2-5-13-6-8-14/h10,13H,2-8H2,1H3. The number of hydrogen-bond acceptors (Lipinski definition) is 3. The van der Waals surface area contributed by atoms with E-state index in [1.807, 2.05) is 0 Å². The fourth-order valence-corrected chi connectivity index (χ4v) is 2.38. The van der Waals surface area contributed by atoms with Gasteiger partial charge in [0.25, 0.3) is 0 Å². The van der Waals surface area contributed by atoms with Gasteiger partial charge in [-0.3, -0.25) is 4.90 Å². The molecule has 2 rings (SSSR count). The highest BCUT2D eigenvalue weighted by Crippen LogP contribution is 2.42. The Bertz CT molecular complexity index is 233. The number of rotatable bonds is 2. The number of nitrogens with one attached hydrogen (secondary N) is 1. The van der Waals surface area contributed by atoms with Crippen LogP contribution in [0.4, 0.5) is 0 Å². The van der Waals surface area contributed by atoms with Crippen LogP contribution in [0.15, 0.2) is 0 Å². The molecule has 78 valence electrons. The molecule has 0 aromatic heterocycles. The Morgan fingerprint density at radius 3 is 2.79 bits per heavy atom. The number of hydrogen-bond donors (Lipinski definition) is 1. The van der Waals surface area contributed by atoms with Crippen LogP contribution < -0.4 is 5.32 Å². The molecule has 0 amide bonds. The zero-order valence-electron chi connectivity index (χ0n) is 8.92. The van der Waals surface area contributed by atoms with Crippen molar-refractivity contribution >= 4 is 0 Å². The van der Waals surface area contributed by atoms with Gasteiger partial charge in [-0.2, -0.15) is 5.26 Å². The first-order valence-corrected chi connectivity index (χ1v) is 5.64. The van der Waals surface area contributed by atoms with Gasteiger partial charge < -0.3 is 5.32 Å². The Balaban J connectivity index is 2.05. The molecule has 0 aromatic rings. The Morgan fingerprint density at radius 1 is 1.36 bits per heavy atom. The van der Waals surface area contributed by atoms with Crippen LogP contribution in [0.2, 0.25) is 0 Å². The summed E-state index contributed by atoms with van der Waals surface area (Å²) in [6, 6.07) is 2.54. The average molecular weight is 193 g/mol. The summed E-state index contributed by atoms with van der Waals surface area (Å²) in [5, 5.41) is 12.7. The van der Waals surface area contributed by atoms with Crippen molar-refractivity contribution < 1.29 is 0 Å². The maximum Gasteiger partial charge on any atom is 0.109 e. The molecule has 1 N–H and O–H groups in total. The molecule has 3 nitrogen and oxygen atoms in total. The SMILES string of the molecule is CC(C#N)(C1CC1)N1CCCNCC1. The van der Waals surface area contributed by atoms with E-state index in [2.05, 4.69) is 23.2 Å². The second-order valence-corrected chi connectivity index (χ2v) is 4.62. The van der Waals surface area contributed by atoms with E-state index in [0.717, 1.165) is 26.2 Å². The lowest BCUT2D eigenvalue weighted by Gasteiger charge is -2.35. The fourth-order valence-electron chi connectivity index (χ4n) is 2.38. The van der Waals surface area contributed by atoms with E-state index in [-0.39, 0.29) is 5.54 Å². The third-order valence-corrected chi connectivity index (χ3v) is 3.60. The first-order valence-electron chi connectivity index (χ1n) is 5.64. The Hall–Kier alpha value is -0.590. The second-order valence-electron chi connectivity index (χ2n) is 4.62. The van der Waals surface area contributed by atoms with Crippen molar-refractivity contribution in [2.24, 2.45) is 5.92 Å². The summed E-state index contributed by atoms with van der Waals surface area (Å²) in [4.78, 5) is 2.38. The average Bonchev–Trinajstić information content (AvgIpc) is 3.03. The van der Waals surface area contributed by atoms with Crippen molar-refractivity contribution in [3.8, 4) is 6.07 Å². The van der Waals surface area contributed by atoms with E-state index in [1.54, 1.807) is 0 Å². The molecule has 0 radical (unpaired) electrons. The van der Waals surface area contributed by atoms with Crippen LogP contribution >= 0.6 is 0 Å². The van der Waals surface area contributed by atoms with Crippen LogP contribution in [0.5, 0.6) is 0 Å². The Morgan fingerprint density at radius 2 is 2.14 bits per heavy atom. The maximum atomic E-state index is 9.33. The first-order chi connectivity index (χ1) is 6.77. The zero-order chi connectivity index (χ0) is 10.0. The fraction of sp³-hybridized carbons (Fsp3) is 0.909. The van der Waals surface area contributed by atoms with Crippen LogP contribution in [0, 0.1) is 17.2 Å². The second kappa shape index (κ2) is 3.88.